The molecular formula is C24H22FN5O2S. The Labute approximate surface area is 193 Å². The number of ether oxygens (including phenoxy) is 1. The van der Waals surface area contributed by atoms with Crippen molar-refractivity contribution in [1.82, 2.24) is 24.5 Å². The lowest BCUT2D eigenvalue weighted by Crippen LogP contribution is -2.24. The van der Waals surface area contributed by atoms with Crippen LogP contribution < -0.4 is 0 Å². The number of rotatable bonds is 6. The monoisotopic (exact) mass is 463 g/mol. The zero-order valence-corrected chi connectivity index (χ0v) is 19.2. The highest BCUT2D eigenvalue weighted by atomic mass is 32.1. The van der Waals surface area contributed by atoms with Crippen LogP contribution in [0.1, 0.15) is 26.8 Å². The number of pyridine rings is 1. The molecule has 168 valence electrons. The number of fused-ring (bicyclic) bond motifs is 2. The Morgan fingerprint density at radius 3 is 2.85 bits per heavy atom. The number of hydrogen-bond donors (Lipinski definition) is 1. The number of aromatic amines is 1. The molecule has 33 heavy (non-hydrogen) atoms. The molecule has 0 bridgehead atoms. The maximum Gasteiger partial charge on any atom is 0.310 e. The zero-order valence-electron chi connectivity index (χ0n) is 18.4. The van der Waals surface area contributed by atoms with Gasteiger partial charge in [0, 0.05) is 46.5 Å². The topological polar surface area (TPSA) is 85.7 Å². The zero-order chi connectivity index (χ0) is 23.1. The van der Waals surface area contributed by atoms with E-state index in [9.17, 15) is 9.18 Å². The molecule has 5 heterocycles. The first kappa shape index (κ1) is 21.3. The third-order valence-electron chi connectivity index (χ3n) is 5.96. The summed E-state index contributed by atoms with van der Waals surface area (Å²) in [6.45, 7) is 5.97. The molecule has 0 amide bonds. The molecule has 0 aliphatic rings. The van der Waals surface area contributed by atoms with Crippen molar-refractivity contribution in [2.24, 2.45) is 5.92 Å². The molecule has 0 saturated carbocycles. The molecule has 9 heteroatoms. The summed E-state index contributed by atoms with van der Waals surface area (Å²) in [4.78, 5) is 29.1. The second kappa shape index (κ2) is 8.40. The number of hydrogen-bond acceptors (Lipinski definition) is 6. The van der Waals surface area contributed by atoms with Gasteiger partial charge in [-0.15, -0.1) is 0 Å². The Hall–Kier alpha value is -3.59. The van der Waals surface area contributed by atoms with E-state index in [2.05, 4.69) is 20.3 Å². The first-order valence-corrected chi connectivity index (χ1v) is 11.6. The second-order valence-corrected chi connectivity index (χ2v) is 8.71. The summed E-state index contributed by atoms with van der Waals surface area (Å²) < 4.78 is 21.1. The molecule has 2 atom stereocenters. The Morgan fingerprint density at radius 1 is 1.24 bits per heavy atom. The van der Waals surface area contributed by atoms with Crippen molar-refractivity contribution >= 4 is 39.4 Å². The number of nitrogens with one attached hydrogen (secondary N) is 1. The quantitative estimate of drug-likeness (QED) is 0.331. The molecule has 5 aromatic rings. The van der Waals surface area contributed by atoms with Crippen LogP contribution in [0.15, 0.2) is 47.7 Å². The molecule has 0 aliphatic heterocycles. The molecule has 1 N–H and O–H groups in total. The molecule has 0 spiro atoms. The van der Waals surface area contributed by atoms with Crippen molar-refractivity contribution in [3.63, 3.8) is 0 Å². The van der Waals surface area contributed by atoms with Crippen molar-refractivity contribution in [1.29, 1.82) is 0 Å². The van der Waals surface area contributed by atoms with Gasteiger partial charge in [-0.3, -0.25) is 4.79 Å². The number of aromatic nitrogens is 5. The Kier molecular flexibility index (Phi) is 5.41. The van der Waals surface area contributed by atoms with Gasteiger partial charge in [0.25, 0.3) is 0 Å². The van der Waals surface area contributed by atoms with Gasteiger partial charge in [-0.05, 0) is 49.2 Å². The van der Waals surface area contributed by atoms with Gasteiger partial charge in [0.2, 0.25) is 0 Å². The maximum absolute atomic E-state index is 13.9. The van der Waals surface area contributed by atoms with Crippen LogP contribution >= 0.6 is 11.3 Å². The molecule has 0 fully saturated rings. The number of esters is 1. The number of carbonyl (C=O) groups is 1. The SMILES string of the molecule is CCOC(=O)[C@H](C)[C@@H](C)n1cc(-c2ccsc2)c2cnc(-c3c[nH]c4ncc(F)cc34)nc21. The average molecular weight is 464 g/mol. The molecule has 7 nitrogen and oxygen atoms in total. The minimum absolute atomic E-state index is 0.205. The molecule has 0 aliphatic carbocycles. The lowest BCUT2D eigenvalue weighted by atomic mass is 10.0. The van der Waals surface area contributed by atoms with Crippen LogP contribution in [-0.4, -0.2) is 37.1 Å². The van der Waals surface area contributed by atoms with Gasteiger partial charge in [0.05, 0.1) is 18.7 Å². The predicted octanol–water partition coefficient (Wildman–Crippen LogP) is 5.60. The van der Waals surface area contributed by atoms with E-state index in [1.54, 1.807) is 30.7 Å². The summed E-state index contributed by atoms with van der Waals surface area (Å²) >= 11 is 1.61. The van der Waals surface area contributed by atoms with Gasteiger partial charge in [0.15, 0.2) is 5.82 Å². The molecule has 0 aromatic carbocycles. The number of halogens is 1. The van der Waals surface area contributed by atoms with Gasteiger partial charge >= 0.3 is 5.97 Å². The summed E-state index contributed by atoms with van der Waals surface area (Å²) in [6, 6.07) is 3.26. The first-order chi connectivity index (χ1) is 16.0. The van der Waals surface area contributed by atoms with Crippen molar-refractivity contribution in [2.45, 2.75) is 26.8 Å². The van der Waals surface area contributed by atoms with Gasteiger partial charge in [-0.25, -0.2) is 19.3 Å². The minimum Gasteiger partial charge on any atom is -0.466 e. The van der Waals surface area contributed by atoms with Crippen molar-refractivity contribution < 1.29 is 13.9 Å². The van der Waals surface area contributed by atoms with Gasteiger partial charge in [0.1, 0.15) is 17.1 Å². The molecule has 5 aromatic heterocycles. The van der Waals surface area contributed by atoms with Gasteiger partial charge in [-0.1, -0.05) is 0 Å². The Balaban J connectivity index is 1.68. The predicted molar refractivity (Wildman–Crippen MR) is 126 cm³/mol. The average Bonchev–Trinajstić information content (AvgIpc) is 3.55. The lowest BCUT2D eigenvalue weighted by molar-refractivity contribution is -0.148. The van der Waals surface area contributed by atoms with Crippen molar-refractivity contribution in [3.8, 4) is 22.5 Å². The van der Waals surface area contributed by atoms with E-state index in [1.165, 1.54) is 12.3 Å². The highest BCUT2D eigenvalue weighted by Gasteiger charge is 2.26. The highest BCUT2D eigenvalue weighted by molar-refractivity contribution is 7.08. The fourth-order valence-electron chi connectivity index (χ4n) is 3.99. The van der Waals surface area contributed by atoms with Crippen molar-refractivity contribution in [3.05, 3.63) is 53.5 Å². The van der Waals surface area contributed by atoms with E-state index in [0.717, 1.165) is 16.5 Å². The normalized spacial score (nSPS) is 13.5. The third kappa shape index (κ3) is 3.68. The van der Waals surface area contributed by atoms with E-state index in [1.807, 2.05) is 36.1 Å². The fourth-order valence-corrected chi connectivity index (χ4v) is 4.65. The molecular weight excluding hydrogens is 441 g/mol. The first-order valence-electron chi connectivity index (χ1n) is 10.7. The Morgan fingerprint density at radius 2 is 2.09 bits per heavy atom. The van der Waals surface area contributed by atoms with Crippen LogP contribution in [0.25, 0.3) is 44.6 Å². The summed E-state index contributed by atoms with van der Waals surface area (Å²) in [5.41, 5.74) is 3.98. The van der Waals surface area contributed by atoms with Crippen LogP contribution in [0.2, 0.25) is 0 Å². The lowest BCUT2D eigenvalue weighted by Gasteiger charge is -2.20. The van der Waals surface area contributed by atoms with E-state index in [0.29, 0.717) is 34.7 Å². The summed E-state index contributed by atoms with van der Waals surface area (Å²) in [6.07, 6.45) is 6.70. The largest absolute Gasteiger partial charge is 0.466 e. The van der Waals surface area contributed by atoms with Crippen LogP contribution in [0.4, 0.5) is 4.39 Å². The molecule has 5 rings (SSSR count). The molecule has 0 radical (unpaired) electrons. The third-order valence-corrected chi connectivity index (χ3v) is 6.65. The van der Waals surface area contributed by atoms with Crippen molar-refractivity contribution in [2.75, 3.05) is 6.61 Å². The highest BCUT2D eigenvalue weighted by Crippen LogP contribution is 2.36. The van der Waals surface area contributed by atoms with Crippen LogP contribution in [0.5, 0.6) is 0 Å². The second-order valence-electron chi connectivity index (χ2n) is 7.93. The van der Waals surface area contributed by atoms with E-state index >= 15 is 0 Å². The van der Waals surface area contributed by atoms with Crippen LogP contribution in [0, 0.1) is 11.7 Å². The summed E-state index contributed by atoms with van der Waals surface area (Å²) in [5.74, 6) is -0.602. The number of nitrogens with zero attached hydrogens (tertiary/aromatic N) is 4. The van der Waals surface area contributed by atoms with E-state index < -0.39 is 5.82 Å². The smallest absolute Gasteiger partial charge is 0.310 e. The number of carbonyl (C=O) groups excluding carboxylic acids is 1. The minimum atomic E-state index is -0.426. The van der Waals surface area contributed by atoms with Crippen LogP contribution in [-0.2, 0) is 9.53 Å². The van der Waals surface area contributed by atoms with E-state index in [4.69, 9.17) is 9.72 Å². The molecule has 0 unspecified atom stereocenters. The summed E-state index contributed by atoms with van der Waals surface area (Å²) in [7, 11) is 0. The molecule has 0 saturated heterocycles. The fraction of sp³-hybridized carbons (Fsp3) is 0.250. The number of H-pyrrole nitrogens is 1. The van der Waals surface area contributed by atoms with Gasteiger partial charge in [-0.2, -0.15) is 11.3 Å². The Bertz CT molecular complexity index is 1460. The van der Waals surface area contributed by atoms with Gasteiger partial charge < -0.3 is 14.3 Å². The van der Waals surface area contributed by atoms with Crippen LogP contribution in [0.3, 0.4) is 0 Å². The maximum atomic E-state index is 13.9. The number of thiophene rings is 1. The summed E-state index contributed by atoms with van der Waals surface area (Å²) in [5, 5.41) is 5.58. The standard InChI is InChI=1S/C24H22FN5O2S/c1-4-32-24(31)13(2)14(3)30-11-20(15-5-6-33-12-15)19-10-28-22(29-23(19)30)18-9-27-21-17(18)7-16(25)8-26-21/h5-14H,4H2,1-3H3,(H,26,27)/t13-,14-/m1/s1. The van der Waals surface area contributed by atoms with E-state index in [-0.39, 0.29) is 17.9 Å².